The van der Waals surface area contributed by atoms with Crippen molar-refractivity contribution in [3.63, 3.8) is 0 Å². The van der Waals surface area contributed by atoms with Gasteiger partial charge in [-0.1, -0.05) is 13.8 Å². The number of carboxylic acids is 1. The summed E-state index contributed by atoms with van der Waals surface area (Å²) in [5.74, 6) is -1.40. The van der Waals surface area contributed by atoms with Gasteiger partial charge in [0.15, 0.2) is 0 Å². The quantitative estimate of drug-likeness (QED) is 0.450. The summed E-state index contributed by atoms with van der Waals surface area (Å²) in [6, 6.07) is -1.74. The summed E-state index contributed by atoms with van der Waals surface area (Å²) in [5.41, 5.74) is 10.6. The number of amides is 1. The molecule has 0 aromatic carbocycles. The molecule has 0 bridgehead atoms. The smallest absolute Gasteiger partial charge is 0.326 e. The van der Waals surface area contributed by atoms with Gasteiger partial charge in [0.25, 0.3) is 0 Å². The van der Waals surface area contributed by atoms with Crippen LogP contribution in [0.15, 0.2) is 0 Å². The van der Waals surface area contributed by atoms with E-state index in [2.05, 4.69) is 5.32 Å². The van der Waals surface area contributed by atoms with E-state index in [9.17, 15) is 9.59 Å². The minimum absolute atomic E-state index is 0.000148. The Labute approximate surface area is 89.0 Å². The number of hydrogen-bond acceptors (Lipinski definition) is 4. The van der Waals surface area contributed by atoms with E-state index in [1.165, 1.54) is 0 Å². The summed E-state index contributed by atoms with van der Waals surface area (Å²) < 4.78 is 0. The molecule has 6 N–H and O–H groups in total. The van der Waals surface area contributed by atoms with Crippen LogP contribution in [0.5, 0.6) is 0 Å². The van der Waals surface area contributed by atoms with Gasteiger partial charge in [-0.05, 0) is 12.3 Å². The maximum Gasteiger partial charge on any atom is 0.326 e. The normalized spacial score (nSPS) is 14.7. The number of nitrogens with two attached hydrogens (primary N) is 2. The largest absolute Gasteiger partial charge is 0.480 e. The fourth-order valence-electron chi connectivity index (χ4n) is 1.08. The van der Waals surface area contributed by atoms with E-state index in [-0.39, 0.29) is 12.5 Å². The second-order valence-corrected chi connectivity index (χ2v) is 3.87. The van der Waals surface area contributed by atoms with E-state index < -0.39 is 24.0 Å². The fraction of sp³-hybridized carbons (Fsp3) is 0.778. The summed E-state index contributed by atoms with van der Waals surface area (Å²) >= 11 is 0. The van der Waals surface area contributed by atoms with Crippen LogP contribution >= 0.6 is 0 Å². The van der Waals surface area contributed by atoms with Crippen molar-refractivity contribution in [3.8, 4) is 0 Å². The Morgan fingerprint density at radius 2 is 1.93 bits per heavy atom. The molecule has 0 aliphatic heterocycles. The Morgan fingerprint density at radius 1 is 1.40 bits per heavy atom. The third-order valence-corrected chi connectivity index (χ3v) is 1.91. The van der Waals surface area contributed by atoms with Gasteiger partial charge in [0, 0.05) is 6.54 Å². The maximum absolute atomic E-state index is 11.3. The number of nitrogens with one attached hydrogen (secondary N) is 1. The Hall–Kier alpha value is -1.14. The van der Waals surface area contributed by atoms with Crippen LogP contribution in [-0.4, -0.2) is 35.6 Å². The molecular formula is C9H19N3O3. The first-order valence-corrected chi connectivity index (χ1v) is 4.87. The molecule has 6 nitrogen and oxygen atoms in total. The lowest BCUT2D eigenvalue weighted by atomic mass is 10.0. The highest BCUT2D eigenvalue weighted by molar-refractivity contribution is 5.86. The molecule has 0 heterocycles. The minimum Gasteiger partial charge on any atom is -0.480 e. The molecule has 0 radical (unpaired) electrons. The van der Waals surface area contributed by atoms with Crippen molar-refractivity contribution >= 4 is 11.9 Å². The first-order valence-electron chi connectivity index (χ1n) is 4.87. The molecule has 0 saturated heterocycles. The Morgan fingerprint density at radius 3 is 2.27 bits per heavy atom. The molecule has 0 spiro atoms. The van der Waals surface area contributed by atoms with E-state index in [0.29, 0.717) is 6.42 Å². The van der Waals surface area contributed by atoms with Crippen LogP contribution in [-0.2, 0) is 9.59 Å². The van der Waals surface area contributed by atoms with Gasteiger partial charge in [0.2, 0.25) is 5.91 Å². The van der Waals surface area contributed by atoms with Gasteiger partial charge in [0.05, 0.1) is 6.04 Å². The molecule has 0 unspecified atom stereocenters. The molecule has 0 aromatic rings. The van der Waals surface area contributed by atoms with Crippen molar-refractivity contribution in [2.24, 2.45) is 17.4 Å². The number of rotatable bonds is 6. The highest BCUT2D eigenvalue weighted by Crippen LogP contribution is 2.04. The van der Waals surface area contributed by atoms with Crippen molar-refractivity contribution in [3.05, 3.63) is 0 Å². The number of hydrogen-bond donors (Lipinski definition) is 4. The molecule has 0 aliphatic carbocycles. The third kappa shape index (κ3) is 5.34. The topological polar surface area (TPSA) is 118 Å². The molecule has 0 aromatic heterocycles. The van der Waals surface area contributed by atoms with Crippen LogP contribution in [0.25, 0.3) is 0 Å². The third-order valence-electron chi connectivity index (χ3n) is 1.91. The van der Waals surface area contributed by atoms with E-state index in [0.717, 1.165) is 0 Å². The highest BCUT2D eigenvalue weighted by atomic mass is 16.4. The molecular weight excluding hydrogens is 198 g/mol. The standard InChI is InChI=1S/C9H19N3O3/c1-5(2)3-7(9(14)15)12-8(13)6(11)4-10/h5-7H,3-4,10-11H2,1-2H3,(H,12,13)(H,14,15)/t6-,7-/m0/s1. The SMILES string of the molecule is CC(C)C[C@H](NC(=O)[C@@H](N)CN)C(=O)O. The average molecular weight is 217 g/mol. The minimum atomic E-state index is -1.05. The monoisotopic (exact) mass is 217 g/mol. The summed E-state index contributed by atoms with van der Waals surface area (Å²) in [6.45, 7) is 3.76. The number of carbonyl (C=O) groups is 2. The number of carbonyl (C=O) groups excluding carboxylic acids is 1. The predicted octanol–water partition coefficient (Wildman–Crippen LogP) is -1.11. The van der Waals surface area contributed by atoms with Crippen LogP contribution < -0.4 is 16.8 Å². The zero-order valence-electron chi connectivity index (χ0n) is 9.06. The second-order valence-electron chi connectivity index (χ2n) is 3.87. The summed E-state index contributed by atoms with van der Waals surface area (Å²) in [5, 5.41) is 11.2. The van der Waals surface area contributed by atoms with Crippen LogP contribution in [0, 0.1) is 5.92 Å². The van der Waals surface area contributed by atoms with E-state index >= 15 is 0 Å². The van der Waals surface area contributed by atoms with E-state index in [1.54, 1.807) is 0 Å². The van der Waals surface area contributed by atoms with Crippen molar-refractivity contribution in [2.75, 3.05) is 6.54 Å². The predicted molar refractivity (Wildman–Crippen MR) is 56.1 cm³/mol. The Kier molecular flexibility index (Phi) is 5.88. The maximum atomic E-state index is 11.3. The average Bonchev–Trinajstić information content (AvgIpc) is 2.14. The lowest BCUT2D eigenvalue weighted by Crippen LogP contribution is -2.51. The first kappa shape index (κ1) is 13.9. The van der Waals surface area contributed by atoms with Crippen molar-refractivity contribution in [1.82, 2.24) is 5.32 Å². The van der Waals surface area contributed by atoms with Gasteiger partial charge in [-0.3, -0.25) is 4.79 Å². The van der Waals surface area contributed by atoms with Crippen molar-refractivity contribution in [1.29, 1.82) is 0 Å². The number of carboxylic acid groups (broad SMARTS) is 1. The fourth-order valence-corrected chi connectivity index (χ4v) is 1.08. The van der Waals surface area contributed by atoms with Crippen LogP contribution in [0.2, 0.25) is 0 Å². The van der Waals surface area contributed by atoms with E-state index in [1.807, 2.05) is 13.8 Å². The molecule has 0 saturated carbocycles. The van der Waals surface area contributed by atoms with Crippen LogP contribution in [0.3, 0.4) is 0 Å². The molecule has 2 atom stereocenters. The zero-order chi connectivity index (χ0) is 12.0. The summed E-state index contributed by atoms with van der Waals surface area (Å²) in [7, 11) is 0. The van der Waals surface area contributed by atoms with Gasteiger partial charge in [-0.25, -0.2) is 4.79 Å². The van der Waals surface area contributed by atoms with Crippen molar-refractivity contribution in [2.45, 2.75) is 32.4 Å². The first-order chi connectivity index (χ1) is 6.88. The van der Waals surface area contributed by atoms with Gasteiger partial charge in [-0.2, -0.15) is 0 Å². The van der Waals surface area contributed by atoms with Crippen LogP contribution in [0.1, 0.15) is 20.3 Å². The van der Waals surface area contributed by atoms with Gasteiger partial charge in [0.1, 0.15) is 6.04 Å². The Bertz CT molecular complexity index is 231. The Balaban J connectivity index is 4.29. The summed E-state index contributed by atoms with van der Waals surface area (Å²) in [6.07, 6.45) is 0.373. The summed E-state index contributed by atoms with van der Waals surface area (Å²) in [4.78, 5) is 22.1. The number of aliphatic carboxylic acids is 1. The van der Waals surface area contributed by atoms with Gasteiger partial charge < -0.3 is 21.9 Å². The lowest BCUT2D eigenvalue weighted by molar-refractivity contribution is -0.142. The van der Waals surface area contributed by atoms with Crippen molar-refractivity contribution < 1.29 is 14.7 Å². The van der Waals surface area contributed by atoms with Gasteiger partial charge in [-0.15, -0.1) is 0 Å². The molecule has 6 heteroatoms. The van der Waals surface area contributed by atoms with E-state index in [4.69, 9.17) is 16.6 Å². The van der Waals surface area contributed by atoms with Crippen LogP contribution in [0.4, 0.5) is 0 Å². The molecule has 0 fully saturated rings. The lowest BCUT2D eigenvalue weighted by Gasteiger charge is -2.18. The molecule has 0 aliphatic rings. The molecule has 88 valence electrons. The second kappa shape index (κ2) is 6.36. The van der Waals surface area contributed by atoms with Gasteiger partial charge >= 0.3 is 5.97 Å². The molecule has 0 rings (SSSR count). The zero-order valence-corrected chi connectivity index (χ0v) is 9.06. The highest BCUT2D eigenvalue weighted by Gasteiger charge is 2.23. The molecule has 15 heavy (non-hydrogen) atoms. The molecule has 1 amide bonds.